The zero-order chi connectivity index (χ0) is 19.8. The second kappa shape index (κ2) is 7.38. The third-order valence-electron chi connectivity index (χ3n) is 4.71. The summed E-state index contributed by atoms with van der Waals surface area (Å²) in [6, 6.07) is 1.69. The fourth-order valence-corrected chi connectivity index (χ4v) is 4.64. The molecule has 146 valence electrons. The number of ether oxygens (including phenoxy) is 1. The second-order valence-corrected chi connectivity index (χ2v) is 7.85. The molecule has 3 aromatic rings. The second-order valence-electron chi connectivity index (χ2n) is 6.77. The fraction of sp³-hybridized carbons (Fsp3) is 0.316. The molecular weight excluding hydrogens is 391 g/mol. The summed E-state index contributed by atoms with van der Waals surface area (Å²) in [7, 11) is 0. The minimum absolute atomic E-state index is 0.290. The highest BCUT2D eigenvalue weighted by atomic mass is 32.1. The maximum absolute atomic E-state index is 13.7. The molecule has 28 heavy (non-hydrogen) atoms. The van der Waals surface area contributed by atoms with Gasteiger partial charge in [-0.05, 0) is 42.9 Å². The van der Waals surface area contributed by atoms with Crippen LogP contribution in [0.5, 0.6) is 5.88 Å². The minimum Gasteiger partial charge on any atom is -0.467 e. The average molecular weight is 407 g/mol. The van der Waals surface area contributed by atoms with Crippen LogP contribution < -0.4 is 10.1 Å². The third kappa shape index (κ3) is 3.42. The first-order valence-corrected chi connectivity index (χ1v) is 9.57. The van der Waals surface area contributed by atoms with E-state index in [4.69, 9.17) is 4.74 Å². The lowest BCUT2D eigenvalue weighted by Crippen LogP contribution is -2.21. The van der Waals surface area contributed by atoms with Crippen molar-refractivity contribution in [1.29, 1.82) is 0 Å². The number of rotatable bonds is 4. The number of carbonyl (C=O) groups excluding carboxylic acids is 1. The Labute approximate surface area is 162 Å². The van der Waals surface area contributed by atoms with E-state index in [9.17, 15) is 18.0 Å². The summed E-state index contributed by atoms with van der Waals surface area (Å²) in [6.07, 6.45) is 4.30. The first-order valence-electron chi connectivity index (χ1n) is 8.75. The van der Waals surface area contributed by atoms with Gasteiger partial charge in [0.2, 0.25) is 5.88 Å². The van der Waals surface area contributed by atoms with Crippen LogP contribution in [0.4, 0.5) is 18.9 Å². The molecule has 0 bridgehead atoms. The van der Waals surface area contributed by atoms with Crippen molar-refractivity contribution in [3.63, 3.8) is 0 Å². The number of hydrogen-bond donors (Lipinski definition) is 1. The molecule has 0 saturated heterocycles. The van der Waals surface area contributed by atoms with E-state index in [1.165, 1.54) is 11.2 Å². The van der Waals surface area contributed by atoms with Gasteiger partial charge >= 0.3 is 0 Å². The smallest absolute Gasteiger partial charge is 0.262 e. The molecule has 0 aliphatic heterocycles. The molecule has 4 rings (SSSR count). The van der Waals surface area contributed by atoms with E-state index >= 15 is 0 Å². The van der Waals surface area contributed by atoms with Crippen LogP contribution in [-0.4, -0.2) is 22.5 Å². The number of nitrogens with zero attached hydrogens (tertiary/aromatic N) is 2. The molecule has 0 spiro atoms. The van der Waals surface area contributed by atoms with Gasteiger partial charge in [0, 0.05) is 4.88 Å². The van der Waals surface area contributed by atoms with Crippen LogP contribution >= 0.6 is 11.3 Å². The van der Waals surface area contributed by atoms with E-state index in [0.717, 1.165) is 47.2 Å². The summed E-state index contributed by atoms with van der Waals surface area (Å²) in [5, 5.41) is 2.98. The van der Waals surface area contributed by atoms with Crippen molar-refractivity contribution in [2.75, 3.05) is 11.9 Å². The number of carbonyl (C=O) groups is 1. The molecule has 9 heteroatoms. The highest BCUT2D eigenvalue weighted by molar-refractivity contribution is 7.18. The van der Waals surface area contributed by atoms with Crippen LogP contribution in [0.15, 0.2) is 18.5 Å². The van der Waals surface area contributed by atoms with Gasteiger partial charge in [0.05, 0.1) is 11.1 Å². The number of aromatic nitrogens is 2. The molecule has 1 aliphatic carbocycles. The van der Waals surface area contributed by atoms with Gasteiger partial charge in [0.1, 0.15) is 11.2 Å². The number of thiophene rings is 1. The molecule has 0 saturated carbocycles. The molecule has 1 atom stereocenters. The Morgan fingerprint density at radius 2 is 2.11 bits per heavy atom. The van der Waals surface area contributed by atoms with Gasteiger partial charge in [0.25, 0.3) is 5.91 Å². The number of aryl methyl sites for hydroxylation is 1. The zero-order valence-corrected chi connectivity index (χ0v) is 15.7. The van der Waals surface area contributed by atoms with Gasteiger partial charge in [0.15, 0.2) is 24.1 Å². The standard InChI is InChI=1S/C19H16F3N3O2S/c1-9-2-3-10-13(6-9)28-19-15(10)18(23-8-24-19)27-7-14(26)25-12-5-4-11(20)16(21)17(12)22/h4-5,8-9H,2-3,6-7H2,1H3,(H,25,26). The van der Waals surface area contributed by atoms with E-state index < -0.39 is 35.7 Å². The van der Waals surface area contributed by atoms with Crippen molar-refractivity contribution < 1.29 is 22.7 Å². The molecule has 0 radical (unpaired) electrons. The van der Waals surface area contributed by atoms with Crippen molar-refractivity contribution in [2.24, 2.45) is 5.92 Å². The topological polar surface area (TPSA) is 64.1 Å². The van der Waals surface area contributed by atoms with Gasteiger partial charge in [-0.1, -0.05) is 6.92 Å². The molecule has 1 aromatic carbocycles. The predicted octanol–water partition coefficient (Wildman–Crippen LogP) is 4.25. The Kier molecular flexibility index (Phi) is 4.92. The van der Waals surface area contributed by atoms with Crippen LogP contribution in [0.1, 0.15) is 23.8 Å². The summed E-state index contributed by atoms with van der Waals surface area (Å²) in [5.41, 5.74) is 0.697. The molecule has 1 unspecified atom stereocenters. The minimum atomic E-state index is -1.64. The number of nitrogens with one attached hydrogen (secondary N) is 1. The van der Waals surface area contributed by atoms with Crippen molar-refractivity contribution in [1.82, 2.24) is 9.97 Å². The summed E-state index contributed by atoms with van der Waals surface area (Å²) in [4.78, 5) is 22.6. The molecule has 2 heterocycles. The van der Waals surface area contributed by atoms with E-state index in [1.54, 1.807) is 11.3 Å². The first kappa shape index (κ1) is 18.7. The van der Waals surface area contributed by atoms with Crippen molar-refractivity contribution >= 4 is 33.1 Å². The van der Waals surface area contributed by atoms with Crippen LogP contribution in [-0.2, 0) is 17.6 Å². The molecule has 2 aromatic heterocycles. The SMILES string of the molecule is CC1CCc2c(sc3ncnc(OCC(=O)Nc4ccc(F)c(F)c4F)c23)C1. The molecule has 1 amide bonds. The lowest BCUT2D eigenvalue weighted by Gasteiger charge is -2.18. The lowest BCUT2D eigenvalue weighted by atomic mass is 9.89. The van der Waals surface area contributed by atoms with E-state index in [0.29, 0.717) is 5.92 Å². The number of halogens is 3. The number of anilines is 1. The molecule has 1 aliphatic rings. The van der Waals surface area contributed by atoms with Crippen molar-refractivity contribution in [3.8, 4) is 5.88 Å². The molecular formula is C19H16F3N3O2S. The highest BCUT2D eigenvalue weighted by Crippen LogP contribution is 2.40. The van der Waals surface area contributed by atoms with E-state index in [-0.39, 0.29) is 5.88 Å². The third-order valence-corrected chi connectivity index (χ3v) is 5.87. The van der Waals surface area contributed by atoms with Crippen molar-refractivity contribution in [2.45, 2.75) is 26.2 Å². The van der Waals surface area contributed by atoms with Crippen LogP contribution in [0.3, 0.4) is 0 Å². The molecule has 5 nitrogen and oxygen atoms in total. The van der Waals surface area contributed by atoms with Gasteiger partial charge in [-0.2, -0.15) is 0 Å². The summed E-state index contributed by atoms with van der Waals surface area (Å²) < 4.78 is 45.5. The molecule has 0 fully saturated rings. The highest BCUT2D eigenvalue weighted by Gasteiger charge is 2.24. The van der Waals surface area contributed by atoms with Crippen molar-refractivity contribution in [3.05, 3.63) is 46.4 Å². The van der Waals surface area contributed by atoms with E-state index in [1.807, 2.05) is 0 Å². The Bertz CT molecular complexity index is 1070. The predicted molar refractivity (Wildman–Crippen MR) is 99.0 cm³/mol. The van der Waals surface area contributed by atoms with Crippen LogP contribution in [0.25, 0.3) is 10.2 Å². The molecule has 1 N–H and O–H groups in total. The maximum atomic E-state index is 13.7. The van der Waals surface area contributed by atoms with E-state index in [2.05, 4.69) is 22.2 Å². The Hall–Kier alpha value is -2.68. The van der Waals surface area contributed by atoms with Crippen LogP contribution in [0, 0.1) is 23.4 Å². The lowest BCUT2D eigenvalue weighted by molar-refractivity contribution is -0.118. The number of hydrogen-bond acceptors (Lipinski definition) is 5. The zero-order valence-electron chi connectivity index (χ0n) is 14.9. The van der Waals surface area contributed by atoms with Crippen LogP contribution in [0.2, 0.25) is 0 Å². The summed E-state index contributed by atoms with van der Waals surface area (Å²) >= 11 is 1.60. The fourth-order valence-electron chi connectivity index (χ4n) is 3.30. The number of amides is 1. The maximum Gasteiger partial charge on any atom is 0.262 e. The normalized spacial score (nSPS) is 16.1. The Morgan fingerprint density at radius 3 is 2.93 bits per heavy atom. The number of benzene rings is 1. The quantitative estimate of drug-likeness (QED) is 0.657. The Balaban J connectivity index is 1.52. The average Bonchev–Trinajstić information content (AvgIpc) is 3.04. The number of fused-ring (bicyclic) bond motifs is 3. The first-order chi connectivity index (χ1) is 13.4. The van der Waals surface area contributed by atoms with Gasteiger partial charge in [-0.15, -0.1) is 11.3 Å². The van der Waals surface area contributed by atoms with Gasteiger partial charge in [-0.3, -0.25) is 4.79 Å². The summed E-state index contributed by atoms with van der Waals surface area (Å²) in [5.74, 6) is -4.25. The van der Waals surface area contributed by atoms with Gasteiger partial charge < -0.3 is 10.1 Å². The summed E-state index contributed by atoms with van der Waals surface area (Å²) in [6.45, 7) is 1.75. The van der Waals surface area contributed by atoms with Gasteiger partial charge in [-0.25, -0.2) is 23.1 Å². The Morgan fingerprint density at radius 1 is 1.29 bits per heavy atom. The largest absolute Gasteiger partial charge is 0.467 e. The monoisotopic (exact) mass is 407 g/mol.